The molecular weight excluding hydrogens is 396 g/mol. The fraction of sp³-hybridized carbons (Fsp3) is 0.0870. The first-order chi connectivity index (χ1) is 14.9. The number of rotatable bonds is 5. The van der Waals surface area contributed by atoms with Crippen molar-refractivity contribution in [3.8, 4) is 5.75 Å². The number of benzene rings is 3. The van der Waals surface area contributed by atoms with Gasteiger partial charge in [-0.1, -0.05) is 24.3 Å². The number of para-hydroxylation sites is 1. The van der Waals surface area contributed by atoms with Gasteiger partial charge in [0.25, 0.3) is 0 Å². The highest BCUT2D eigenvalue weighted by molar-refractivity contribution is 6.01. The molecule has 0 spiro atoms. The highest BCUT2D eigenvalue weighted by atomic mass is 16.6. The Morgan fingerprint density at radius 2 is 1.32 bits per heavy atom. The summed E-state index contributed by atoms with van der Waals surface area (Å²) in [5.41, 5.74) is 3.02. The van der Waals surface area contributed by atoms with Crippen LogP contribution in [0.1, 0.15) is 12.5 Å². The molecule has 0 unspecified atom stereocenters. The molecule has 0 aliphatic carbocycles. The highest BCUT2D eigenvalue weighted by Gasteiger charge is 2.09. The normalized spacial score (nSPS) is 10.0. The molecule has 0 aliphatic heterocycles. The summed E-state index contributed by atoms with van der Waals surface area (Å²) in [6, 6.07) is 20.1. The van der Waals surface area contributed by atoms with Gasteiger partial charge in [0.05, 0.1) is 0 Å². The second kappa shape index (κ2) is 9.93. The van der Waals surface area contributed by atoms with E-state index in [4.69, 9.17) is 4.74 Å². The maximum absolute atomic E-state index is 12.4. The molecule has 0 fully saturated rings. The van der Waals surface area contributed by atoms with E-state index >= 15 is 0 Å². The Kier molecular flexibility index (Phi) is 6.85. The highest BCUT2D eigenvalue weighted by Crippen LogP contribution is 2.22. The zero-order valence-corrected chi connectivity index (χ0v) is 17.1. The van der Waals surface area contributed by atoms with Crippen LogP contribution in [-0.4, -0.2) is 18.0 Å². The van der Waals surface area contributed by atoms with Crippen LogP contribution in [0, 0.1) is 6.92 Å². The molecule has 0 heterocycles. The van der Waals surface area contributed by atoms with E-state index in [0.717, 1.165) is 5.56 Å². The molecule has 8 nitrogen and oxygen atoms in total. The molecule has 0 radical (unpaired) electrons. The standard InChI is InChI=1S/C23H22N4O4/c1-15-8-9-19(26-23(30)31-20-6-4-3-5-7-20)14-21(15)27-22(29)25-18-12-10-17(11-13-18)24-16(2)28/h3-14H,1-2H3,(H,24,28)(H,26,30)(H2,25,27,29). The Balaban J connectivity index is 1.60. The van der Waals surface area contributed by atoms with E-state index in [1.165, 1.54) is 6.92 Å². The van der Waals surface area contributed by atoms with E-state index in [-0.39, 0.29) is 5.91 Å². The maximum atomic E-state index is 12.4. The zero-order chi connectivity index (χ0) is 22.2. The van der Waals surface area contributed by atoms with E-state index in [9.17, 15) is 14.4 Å². The lowest BCUT2D eigenvalue weighted by Crippen LogP contribution is -2.20. The Morgan fingerprint density at radius 1 is 0.710 bits per heavy atom. The summed E-state index contributed by atoms with van der Waals surface area (Å²) in [6.45, 7) is 3.26. The van der Waals surface area contributed by atoms with Crippen LogP contribution in [0.2, 0.25) is 0 Å². The number of urea groups is 1. The summed E-state index contributed by atoms with van der Waals surface area (Å²) < 4.78 is 5.21. The van der Waals surface area contributed by atoms with E-state index in [0.29, 0.717) is 28.5 Å². The van der Waals surface area contributed by atoms with E-state index < -0.39 is 12.1 Å². The first kappa shape index (κ1) is 21.4. The van der Waals surface area contributed by atoms with Gasteiger partial charge < -0.3 is 20.7 Å². The molecule has 4 N–H and O–H groups in total. The Bertz CT molecular complexity index is 1080. The number of ether oxygens (including phenoxy) is 1. The van der Waals surface area contributed by atoms with Crippen LogP contribution in [0.25, 0.3) is 0 Å². The van der Waals surface area contributed by atoms with Crippen LogP contribution in [-0.2, 0) is 4.79 Å². The van der Waals surface area contributed by atoms with Crippen molar-refractivity contribution in [1.29, 1.82) is 0 Å². The molecule has 0 saturated heterocycles. The average molecular weight is 418 g/mol. The van der Waals surface area contributed by atoms with Gasteiger partial charge in [-0.3, -0.25) is 10.1 Å². The molecule has 3 aromatic carbocycles. The van der Waals surface area contributed by atoms with Gasteiger partial charge in [0.2, 0.25) is 5.91 Å². The maximum Gasteiger partial charge on any atom is 0.417 e. The molecule has 0 atom stereocenters. The van der Waals surface area contributed by atoms with Gasteiger partial charge in [-0.05, 0) is 61.0 Å². The summed E-state index contributed by atoms with van der Waals surface area (Å²) in [7, 11) is 0. The first-order valence-electron chi connectivity index (χ1n) is 9.49. The summed E-state index contributed by atoms with van der Waals surface area (Å²) in [5, 5.41) is 10.8. The molecule has 0 aliphatic rings. The van der Waals surface area contributed by atoms with Crippen molar-refractivity contribution in [2.24, 2.45) is 0 Å². The lowest BCUT2D eigenvalue weighted by atomic mass is 10.2. The predicted octanol–water partition coefficient (Wildman–Crippen LogP) is 5.21. The van der Waals surface area contributed by atoms with Crippen molar-refractivity contribution < 1.29 is 19.1 Å². The van der Waals surface area contributed by atoms with Crippen molar-refractivity contribution in [3.63, 3.8) is 0 Å². The third-order valence-electron chi connectivity index (χ3n) is 4.15. The molecule has 158 valence electrons. The fourth-order valence-corrected chi connectivity index (χ4v) is 2.70. The minimum absolute atomic E-state index is 0.171. The number of hydrogen-bond acceptors (Lipinski definition) is 4. The second-order valence-corrected chi connectivity index (χ2v) is 6.69. The second-order valence-electron chi connectivity index (χ2n) is 6.69. The van der Waals surface area contributed by atoms with Gasteiger partial charge in [0.15, 0.2) is 0 Å². The lowest BCUT2D eigenvalue weighted by molar-refractivity contribution is -0.114. The van der Waals surface area contributed by atoms with Gasteiger partial charge in [-0.2, -0.15) is 0 Å². The molecule has 3 rings (SSSR count). The van der Waals surface area contributed by atoms with Crippen LogP contribution in [0.3, 0.4) is 0 Å². The summed E-state index contributed by atoms with van der Waals surface area (Å²) in [4.78, 5) is 35.5. The third kappa shape index (κ3) is 6.60. The van der Waals surface area contributed by atoms with E-state index in [2.05, 4.69) is 21.3 Å². The lowest BCUT2D eigenvalue weighted by Gasteiger charge is -2.13. The molecule has 31 heavy (non-hydrogen) atoms. The van der Waals surface area contributed by atoms with Crippen LogP contribution >= 0.6 is 0 Å². The number of carbonyl (C=O) groups excluding carboxylic acids is 3. The fourth-order valence-electron chi connectivity index (χ4n) is 2.70. The van der Waals surface area contributed by atoms with Crippen molar-refractivity contribution in [2.45, 2.75) is 13.8 Å². The predicted molar refractivity (Wildman–Crippen MR) is 121 cm³/mol. The van der Waals surface area contributed by atoms with Crippen molar-refractivity contribution in [1.82, 2.24) is 0 Å². The van der Waals surface area contributed by atoms with E-state index in [1.54, 1.807) is 66.7 Å². The number of carbonyl (C=O) groups is 3. The smallest absolute Gasteiger partial charge is 0.410 e. The van der Waals surface area contributed by atoms with Crippen molar-refractivity contribution in [3.05, 3.63) is 78.4 Å². The Morgan fingerprint density at radius 3 is 1.97 bits per heavy atom. The minimum atomic E-state index is -0.635. The summed E-state index contributed by atoms with van der Waals surface area (Å²) in [6.07, 6.45) is -0.635. The molecule has 8 heteroatoms. The first-order valence-corrected chi connectivity index (χ1v) is 9.49. The van der Waals surface area contributed by atoms with Crippen LogP contribution in [0.15, 0.2) is 72.8 Å². The Hall–Kier alpha value is -4.33. The van der Waals surface area contributed by atoms with Gasteiger partial charge in [-0.15, -0.1) is 0 Å². The average Bonchev–Trinajstić information content (AvgIpc) is 2.72. The molecule has 0 bridgehead atoms. The topological polar surface area (TPSA) is 109 Å². The van der Waals surface area contributed by atoms with Crippen molar-refractivity contribution in [2.75, 3.05) is 21.3 Å². The SMILES string of the molecule is CC(=O)Nc1ccc(NC(=O)Nc2cc(NC(=O)Oc3ccccc3)ccc2C)cc1. The van der Waals surface area contributed by atoms with Gasteiger partial charge in [0.1, 0.15) is 5.75 Å². The molecule has 0 saturated carbocycles. The number of nitrogens with one attached hydrogen (secondary N) is 4. The largest absolute Gasteiger partial charge is 0.417 e. The molecule has 4 amide bonds. The Labute approximate surface area is 179 Å². The monoisotopic (exact) mass is 418 g/mol. The number of hydrogen-bond donors (Lipinski definition) is 4. The van der Waals surface area contributed by atoms with Crippen LogP contribution in [0.5, 0.6) is 5.75 Å². The molecule has 0 aromatic heterocycles. The number of amides is 4. The van der Waals surface area contributed by atoms with Gasteiger partial charge >= 0.3 is 12.1 Å². The zero-order valence-electron chi connectivity index (χ0n) is 17.1. The molecular formula is C23H22N4O4. The van der Waals surface area contributed by atoms with Crippen LogP contribution in [0.4, 0.5) is 32.3 Å². The molecule has 3 aromatic rings. The quantitative estimate of drug-likeness (QED) is 0.456. The van der Waals surface area contributed by atoms with E-state index in [1.807, 2.05) is 13.0 Å². The van der Waals surface area contributed by atoms with Gasteiger partial charge in [0, 0.05) is 29.7 Å². The third-order valence-corrected chi connectivity index (χ3v) is 4.15. The minimum Gasteiger partial charge on any atom is -0.410 e. The van der Waals surface area contributed by atoms with Crippen molar-refractivity contribution >= 4 is 40.8 Å². The number of anilines is 4. The summed E-state index contributed by atoms with van der Waals surface area (Å²) in [5.74, 6) is 0.254. The van der Waals surface area contributed by atoms with Gasteiger partial charge in [-0.25, -0.2) is 9.59 Å². The van der Waals surface area contributed by atoms with Crippen LogP contribution < -0.4 is 26.0 Å². The number of aryl methyl sites for hydroxylation is 1. The summed E-state index contributed by atoms with van der Waals surface area (Å²) >= 11 is 0.